The number of ether oxygens (including phenoxy) is 2. The number of carboxylic acids is 1. The van der Waals surface area contributed by atoms with E-state index in [1.165, 1.54) is 25.3 Å². The Hall–Kier alpha value is -3.53. The lowest BCUT2D eigenvalue weighted by atomic mass is 9.93. The van der Waals surface area contributed by atoms with Crippen LogP contribution in [0.5, 0.6) is 0 Å². The number of benzene rings is 2. The van der Waals surface area contributed by atoms with Crippen molar-refractivity contribution < 1.29 is 33.0 Å². The monoisotopic (exact) mass is 527 g/mol. The van der Waals surface area contributed by atoms with Crippen LogP contribution < -0.4 is 4.90 Å². The van der Waals surface area contributed by atoms with Gasteiger partial charge in [0, 0.05) is 30.2 Å². The van der Waals surface area contributed by atoms with Crippen LogP contribution >= 0.6 is 0 Å². The van der Waals surface area contributed by atoms with Crippen molar-refractivity contribution in [1.29, 1.82) is 0 Å². The number of hydrogen-bond acceptors (Lipinski definition) is 5. The molecule has 1 saturated heterocycles. The molecule has 0 aliphatic carbocycles. The predicted octanol–water partition coefficient (Wildman–Crippen LogP) is 5.64. The summed E-state index contributed by atoms with van der Waals surface area (Å²) < 4.78 is 39.6. The Morgan fingerprint density at radius 2 is 2.00 bits per heavy atom. The molecule has 0 radical (unpaired) electrons. The summed E-state index contributed by atoms with van der Waals surface area (Å²) in [6.45, 7) is 3.11. The van der Waals surface area contributed by atoms with Gasteiger partial charge in [-0.25, -0.2) is 18.6 Å². The molecule has 1 fully saturated rings. The molecule has 2 aliphatic heterocycles. The van der Waals surface area contributed by atoms with Gasteiger partial charge in [-0.15, -0.1) is 0 Å². The summed E-state index contributed by atoms with van der Waals surface area (Å²) >= 11 is 0. The van der Waals surface area contributed by atoms with E-state index in [1.54, 1.807) is 11.0 Å². The molecule has 0 saturated carbocycles. The maximum Gasteiger partial charge on any atom is 0.414 e. The van der Waals surface area contributed by atoms with Crippen molar-refractivity contribution in [2.24, 2.45) is 0 Å². The lowest BCUT2D eigenvalue weighted by Crippen LogP contribution is -2.42. The van der Waals surface area contributed by atoms with E-state index in [0.717, 1.165) is 36.0 Å². The number of fused-ring (bicyclic) bond motifs is 3. The highest BCUT2D eigenvalue weighted by atomic mass is 19.3. The molecule has 1 aromatic heterocycles. The van der Waals surface area contributed by atoms with Crippen molar-refractivity contribution in [1.82, 2.24) is 9.55 Å². The van der Waals surface area contributed by atoms with Crippen molar-refractivity contribution in [3.05, 3.63) is 58.9 Å². The summed E-state index contributed by atoms with van der Waals surface area (Å²) in [4.78, 5) is 31.6. The van der Waals surface area contributed by atoms with Gasteiger partial charge in [0.2, 0.25) is 0 Å². The van der Waals surface area contributed by atoms with Gasteiger partial charge in [0.1, 0.15) is 5.82 Å². The van der Waals surface area contributed by atoms with Gasteiger partial charge in [0.15, 0.2) is 0 Å². The summed E-state index contributed by atoms with van der Waals surface area (Å²) in [7, 11) is 1.35. The number of carbonyl (C=O) groups excluding carboxylic acids is 1. The fourth-order valence-electron chi connectivity index (χ4n) is 5.74. The third kappa shape index (κ3) is 4.73. The zero-order chi connectivity index (χ0) is 27.0. The number of methoxy groups -OCH3 is 1. The number of aliphatic carboxylic acids is 1. The molecule has 3 unspecified atom stereocenters. The van der Waals surface area contributed by atoms with Crippen LogP contribution in [0.15, 0.2) is 36.4 Å². The fraction of sp³-hybridized carbons (Fsp3) is 0.464. The maximum absolute atomic E-state index is 13.4. The van der Waals surface area contributed by atoms with Crippen molar-refractivity contribution in [2.45, 2.75) is 63.5 Å². The predicted molar refractivity (Wildman–Crippen MR) is 137 cm³/mol. The Balaban J connectivity index is 1.64. The number of carboxylic acid groups (broad SMARTS) is 1. The number of imidazole rings is 1. The molecule has 3 aromatic rings. The topological polar surface area (TPSA) is 93.9 Å². The third-order valence-corrected chi connectivity index (χ3v) is 7.65. The number of hydrogen-bond donors (Lipinski definition) is 1. The van der Waals surface area contributed by atoms with Crippen LogP contribution in [0.3, 0.4) is 0 Å². The number of anilines is 1. The number of nitrogens with zero attached hydrogens (tertiary/aromatic N) is 3. The van der Waals surface area contributed by atoms with E-state index in [4.69, 9.17) is 14.5 Å². The fourth-order valence-corrected chi connectivity index (χ4v) is 5.74. The minimum absolute atomic E-state index is 0.0269. The van der Waals surface area contributed by atoms with Gasteiger partial charge in [-0.1, -0.05) is 18.2 Å². The lowest BCUT2D eigenvalue weighted by Gasteiger charge is -2.34. The van der Waals surface area contributed by atoms with Crippen LogP contribution in [0, 0.1) is 0 Å². The van der Waals surface area contributed by atoms with Gasteiger partial charge in [-0.3, -0.25) is 9.69 Å². The quantitative estimate of drug-likeness (QED) is 0.446. The molecule has 8 nitrogen and oxygen atoms in total. The molecule has 1 amide bonds. The zero-order valence-corrected chi connectivity index (χ0v) is 21.4. The highest BCUT2D eigenvalue weighted by Gasteiger charge is 2.33. The van der Waals surface area contributed by atoms with Gasteiger partial charge < -0.3 is 19.1 Å². The molecule has 202 valence electrons. The van der Waals surface area contributed by atoms with Gasteiger partial charge in [-0.2, -0.15) is 0 Å². The summed E-state index contributed by atoms with van der Waals surface area (Å²) in [5.74, 6) is -1.61. The van der Waals surface area contributed by atoms with Crippen LogP contribution in [-0.4, -0.2) is 53.1 Å². The standard InChI is InChI=1S/C28H31F2N3O5/c1-16-8-9-20-22(32(16)28(36)37-2)10-11-23-25(20)31-24(33(23)19-7-4-12-38-15-19)14-21(27(34)35)17-5-3-6-18(13-17)26(29)30/h3,5-6,10-11,13,16,19,21,26H,4,7-9,12,14-15H2,1-2H3,(H,34,35). The second kappa shape index (κ2) is 10.7. The summed E-state index contributed by atoms with van der Waals surface area (Å²) in [6, 6.07) is 9.32. The molecule has 10 heteroatoms. The van der Waals surface area contributed by atoms with Gasteiger partial charge in [0.05, 0.1) is 42.4 Å². The second-order valence-electron chi connectivity index (χ2n) is 9.99. The van der Waals surface area contributed by atoms with E-state index in [1.807, 2.05) is 19.1 Å². The molecule has 3 atom stereocenters. The van der Waals surface area contributed by atoms with E-state index in [-0.39, 0.29) is 24.1 Å². The van der Waals surface area contributed by atoms with Crippen LogP contribution in [0.1, 0.15) is 67.1 Å². The molecule has 2 aromatic carbocycles. The SMILES string of the molecule is COC(=O)N1c2ccc3c(nc(CC(C(=O)O)c4cccc(C(F)F)c4)n3C3CCCOC3)c2CCC1C. The van der Waals surface area contributed by atoms with Crippen LogP contribution in [0.4, 0.5) is 19.3 Å². The zero-order valence-electron chi connectivity index (χ0n) is 21.4. The van der Waals surface area contributed by atoms with Gasteiger partial charge in [0.25, 0.3) is 6.43 Å². The molecule has 5 rings (SSSR count). The molecule has 3 heterocycles. The van der Waals surface area contributed by atoms with Crippen molar-refractivity contribution in [3.63, 3.8) is 0 Å². The first-order valence-corrected chi connectivity index (χ1v) is 12.9. The Morgan fingerprint density at radius 3 is 2.68 bits per heavy atom. The molecule has 2 aliphatic rings. The van der Waals surface area contributed by atoms with Gasteiger partial charge >= 0.3 is 12.1 Å². The number of amides is 1. The third-order valence-electron chi connectivity index (χ3n) is 7.65. The van der Waals surface area contributed by atoms with Crippen molar-refractivity contribution in [2.75, 3.05) is 25.2 Å². The first-order chi connectivity index (χ1) is 18.3. The summed E-state index contributed by atoms with van der Waals surface area (Å²) in [5, 5.41) is 10.1. The van der Waals surface area contributed by atoms with E-state index >= 15 is 0 Å². The highest BCUT2D eigenvalue weighted by molar-refractivity contribution is 5.95. The maximum atomic E-state index is 13.4. The van der Waals surface area contributed by atoms with E-state index < -0.39 is 24.4 Å². The molecule has 0 bridgehead atoms. The number of halogens is 2. The normalized spacial score (nSPS) is 20.4. The second-order valence-corrected chi connectivity index (χ2v) is 9.99. The first-order valence-electron chi connectivity index (χ1n) is 12.9. The number of rotatable bonds is 6. The van der Waals surface area contributed by atoms with Crippen molar-refractivity contribution >= 4 is 28.8 Å². The highest BCUT2D eigenvalue weighted by Crippen LogP contribution is 2.39. The molecular weight excluding hydrogens is 496 g/mol. The Bertz CT molecular complexity index is 1350. The number of aromatic nitrogens is 2. The summed E-state index contributed by atoms with van der Waals surface area (Å²) in [6.07, 6.45) is 0.0361. The Labute approximate surface area is 219 Å². The van der Waals surface area contributed by atoms with Crippen molar-refractivity contribution in [3.8, 4) is 0 Å². The Kier molecular flexibility index (Phi) is 7.34. The minimum atomic E-state index is -2.69. The van der Waals surface area contributed by atoms with E-state index in [0.29, 0.717) is 36.5 Å². The lowest BCUT2D eigenvalue weighted by molar-refractivity contribution is -0.138. The van der Waals surface area contributed by atoms with Crippen LogP contribution in [0.25, 0.3) is 11.0 Å². The smallest absolute Gasteiger partial charge is 0.414 e. The number of carbonyl (C=O) groups is 2. The minimum Gasteiger partial charge on any atom is -0.481 e. The van der Waals surface area contributed by atoms with E-state index in [2.05, 4.69) is 4.57 Å². The largest absolute Gasteiger partial charge is 0.481 e. The van der Waals surface area contributed by atoms with E-state index in [9.17, 15) is 23.5 Å². The van der Waals surface area contributed by atoms with Gasteiger partial charge in [-0.05, 0) is 56.4 Å². The molecule has 38 heavy (non-hydrogen) atoms. The Morgan fingerprint density at radius 1 is 1.21 bits per heavy atom. The van der Waals surface area contributed by atoms with Crippen LogP contribution in [0.2, 0.25) is 0 Å². The molecule has 0 spiro atoms. The summed E-state index contributed by atoms with van der Waals surface area (Å²) in [5.41, 5.74) is 3.30. The number of alkyl halides is 2. The molecule has 1 N–H and O–H groups in total. The average molecular weight is 528 g/mol. The average Bonchev–Trinajstić information content (AvgIpc) is 3.30. The number of aryl methyl sites for hydroxylation is 1. The van der Waals surface area contributed by atoms with Crippen LogP contribution in [-0.2, 0) is 27.1 Å². The first kappa shape index (κ1) is 26.1. The molecular formula is C28H31F2N3O5.